The lowest BCUT2D eigenvalue weighted by atomic mass is 10.0. The van der Waals surface area contributed by atoms with E-state index in [0.29, 0.717) is 5.11 Å². The lowest BCUT2D eigenvalue weighted by molar-refractivity contribution is 0.414. The molecule has 1 aliphatic rings. The van der Waals surface area contributed by atoms with E-state index in [1.165, 1.54) is 0 Å². The first-order chi connectivity index (χ1) is 15.3. The molecule has 0 bridgehead atoms. The van der Waals surface area contributed by atoms with Crippen molar-refractivity contribution in [2.45, 2.75) is 12.1 Å². The van der Waals surface area contributed by atoms with Crippen LogP contribution in [0.25, 0.3) is 5.69 Å². The van der Waals surface area contributed by atoms with Crippen LogP contribution in [0.2, 0.25) is 0 Å². The van der Waals surface area contributed by atoms with Gasteiger partial charge in [-0.1, -0.05) is 18.2 Å². The molecule has 2 atom stereocenters. The van der Waals surface area contributed by atoms with Gasteiger partial charge in [-0.3, -0.25) is 9.97 Å². The molecule has 2 unspecified atom stereocenters. The fourth-order valence-electron chi connectivity index (χ4n) is 4.11. The van der Waals surface area contributed by atoms with Gasteiger partial charge < -0.3 is 19.5 Å². The molecule has 1 aliphatic heterocycles. The number of para-hydroxylation sites is 2. The van der Waals surface area contributed by atoms with Crippen LogP contribution in [0.15, 0.2) is 91.5 Å². The molecular formula is C24H21N5OS. The average Bonchev–Trinajstić information content (AvgIpc) is 3.44. The molecule has 1 aromatic carbocycles. The summed E-state index contributed by atoms with van der Waals surface area (Å²) in [6.07, 6.45) is 7.48. The lowest BCUT2D eigenvalue weighted by Crippen LogP contribution is -2.30. The van der Waals surface area contributed by atoms with Crippen LogP contribution in [-0.2, 0) is 0 Å². The number of pyridine rings is 2. The molecule has 154 valence electrons. The van der Waals surface area contributed by atoms with Gasteiger partial charge in [0.2, 0.25) is 0 Å². The van der Waals surface area contributed by atoms with Crippen LogP contribution in [0.4, 0.5) is 5.69 Å². The Labute approximate surface area is 186 Å². The molecule has 4 heterocycles. The van der Waals surface area contributed by atoms with Crippen LogP contribution in [0.3, 0.4) is 0 Å². The van der Waals surface area contributed by atoms with Crippen LogP contribution >= 0.6 is 12.2 Å². The van der Waals surface area contributed by atoms with Crippen LogP contribution in [0.1, 0.15) is 23.5 Å². The SMILES string of the molecule is COc1ccccc1N1C(=S)NC(c2ccccn2)C1c1cccn1-c1cccnc1. The highest BCUT2D eigenvalue weighted by Crippen LogP contribution is 2.44. The van der Waals surface area contributed by atoms with E-state index >= 15 is 0 Å². The zero-order valence-electron chi connectivity index (χ0n) is 16.9. The molecule has 6 nitrogen and oxygen atoms in total. The highest BCUT2D eigenvalue weighted by molar-refractivity contribution is 7.80. The summed E-state index contributed by atoms with van der Waals surface area (Å²) in [7, 11) is 1.68. The summed E-state index contributed by atoms with van der Waals surface area (Å²) >= 11 is 5.83. The maximum absolute atomic E-state index is 5.83. The molecule has 0 saturated carbocycles. The van der Waals surface area contributed by atoms with E-state index in [0.717, 1.165) is 28.5 Å². The monoisotopic (exact) mass is 427 g/mol. The predicted octanol–water partition coefficient (Wildman–Crippen LogP) is 4.45. The first-order valence-corrected chi connectivity index (χ1v) is 10.4. The summed E-state index contributed by atoms with van der Waals surface area (Å²) in [6.45, 7) is 0. The highest BCUT2D eigenvalue weighted by Gasteiger charge is 2.43. The minimum atomic E-state index is -0.145. The van der Waals surface area contributed by atoms with Gasteiger partial charge in [0.25, 0.3) is 0 Å². The molecule has 5 rings (SSSR count). The quantitative estimate of drug-likeness (QED) is 0.475. The number of hydrogen-bond acceptors (Lipinski definition) is 4. The fraction of sp³-hybridized carbons (Fsp3) is 0.125. The van der Waals surface area contributed by atoms with Crippen molar-refractivity contribution in [3.63, 3.8) is 0 Å². The second-order valence-electron chi connectivity index (χ2n) is 7.18. The number of ether oxygens (including phenoxy) is 1. The smallest absolute Gasteiger partial charge is 0.174 e. The van der Waals surface area contributed by atoms with E-state index in [4.69, 9.17) is 17.0 Å². The normalized spacial score (nSPS) is 18.1. The predicted molar refractivity (Wildman–Crippen MR) is 124 cm³/mol. The van der Waals surface area contributed by atoms with Gasteiger partial charge in [-0.25, -0.2) is 0 Å². The molecule has 3 aromatic heterocycles. The number of nitrogens with one attached hydrogen (secondary N) is 1. The number of methoxy groups -OCH3 is 1. The summed E-state index contributed by atoms with van der Waals surface area (Å²) in [5.41, 5.74) is 3.89. The van der Waals surface area contributed by atoms with Crippen molar-refractivity contribution in [3.8, 4) is 11.4 Å². The Kier molecular flexibility index (Phi) is 5.09. The van der Waals surface area contributed by atoms with Crippen molar-refractivity contribution in [1.29, 1.82) is 0 Å². The van der Waals surface area contributed by atoms with Crippen molar-refractivity contribution in [1.82, 2.24) is 19.9 Å². The van der Waals surface area contributed by atoms with Crippen LogP contribution in [-0.4, -0.2) is 26.8 Å². The summed E-state index contributed by atoms with van der Waals surface area (Å²) in [6, 6.07) is 21.7. The maximum Gasteiger partial charge on any atom is 0.174 e. The molecule has 1 saturated heterocycles. The molecule has 0 amide bonds. The Morgan fingerprint density at radius 1 is 0.968 bits per heavy atom. The Hall–Kier alpha value is -3.71. The van der Waals surface area contributed by atoms with Gasteiger partial charge in [0, 0.05) is 24.3 Å². The first kappa shape index (κ1) is 19.3. The second kappa shape index (κ2) is 8.20. The minimum absolute atomic E-state index is 0.135. The maximum atomic E-state index is 5.83. The Morgan fingerprint density at radius 2 is 1.84 bits per heavy atom. The molecule has 0 aliphatic carbocycles. The number of benzene rings is 1. The van der Waals surface area contributed by atoms with Crippen molar-refractivity contribution in [2.24, 2.45) is 0 Å². The fourth-order valence-corrected chi connectivity index (χ4v) is 4.45. The van der Waals surface area contributed by atoms with Crippen LogP contribution < -0.4 is 15.0 Å². The van der Waals surface area contributed by atoms with Crippen molar-refractivity contribution in [2.75, 3.05) is 12.0 Å². The summed E-state index contributed by atoms with van der Waals surface area (Å²) in [5.74, 6) is 0.762. The largest absolute Gasteiger partial charge is 0.495 e. The van der Waals surface area contributed by atoms with E-state index in [-0.39, 0.29) is 12.1 Å². The number of thiocarbonyl (C=S) groups is 1. The van der Waals surface area contributed by atoms with Crippen LogP contribution in [0.5, 0.6) is 5.75 Å². The van der Waals surface area contributed by atoms with Gasteiger partial charge in [-0.05, 0) is 60.7 Å². The van der Waals surface area contributed by atoms with Crippen molar-refractivity contribution < 1.29 is 4.74 Å². The van der Waals surface area contributed by atoms with Crippen molar-refractivity contribution >= 4 is 23.0 Å². The van der Waals surface area contributed by atoms with E-state index < -0.39 is 0 Å². The van der Waals surface area contributed by atoms with Gasteiger partial charge >= 0.3 is 0 Å². The average molecular weight is 428 g/mol. The van der Waals surface area contributed by atoms with Gasteiger partial charge in [0.15, 0.2) is 5.11 Å². The zero-order valence-corrected chi connectivity index (χ0v) is 17.7. The van der Waals surface area contributed by atoms with Crippen LogP contribution in [0, 0.1) is 0 Å². The summed E-state index contributed by atoms with van der Waals surface area (Å²) < 4.78 is 7.81. The molecule has 7 heteroatoms. The second-order valence-corrected chi connectivity index (χ2v) is 7.57. The Bertz CT molecular complexity index is 1190. The molecular weight excluding hydrogens is 406 g/mol. The van der Waals surface area contributed by atoms with E-state index in [1.807, 2.05) is 79.3 Å². The summed E-state index contributed by atoms with van der Waals surface area (Å²) in [5, 5.41) is 4.13. The number of rotatable bonds is 5. The third-order valence-electron chi connectivity index (χ3n) is 5.45. The minimum Gasteiger partial charge on any atom is -0.495 e. The van der Waals surface area contributed by atoms with Gasteiger partial charge in [0.05, 0.1) is 36.4 Å². The Balaban J connectivity index is 1.69. The van der Waals surface area contributed by atoms with Gasteiger partial charge in [-0.15, -0.1) is 0 Å². The van der Waals surface area contributed by atoms with Gasteiger partial charge in [0.1, 0.15) is 11.8 Å². The van der Waals surface area contributed by atoms with E-state index in [9.17, 15) is 0 Å². The molecule has 0 spiro atoms. The third kappa shape index (κ3) is 3.43. The van der Waals surface area contributed by atoms with E-state index in [1.54, 1.807) is 13.3 Å². The number of nitrogens with zero attached hydrogens (tertiary/aromatic N) is 4. The molecule has 31 heavy (non-hydrogen) atoms. The lowest BCUT2D eigenvalue weighted by Gasteiger charge is -2.29. The first-order valence-electron chi connectivity index (χ1n) is 9.99. The molecule has 0 radical (unpaired) electrons. The number of aromatic nitrogens is 3. The zero-order chi connectivity index (χ0) is 21.2. The highest BCUT2D eigenvalue weighted by atomic mass is 32.1. The molecule has 1 N–H and O–H groups in total. The standard InChI is InChI=1S/C24H21N5OS/c1-30-21-12-3-2-10-19(21)29-23(22(27-24(29)31)18-9-4-5-14-26-18)20-11-7-15-28(20)17-8-6-13-25-16-17/h2-16,22-23H,1H3,(H,27,31). The van der Waals surface area contributed by atoms with Crippen molar-refractivity contribution in [3.05, 3.63) is 103 Å². The number of hydrogen-bond donors (Lipinski definition) is 1. The topological polar surface area (TPSA) is 55.2 Å². The van der Waals surface area contributed by atoms with Gasteiger partial charge in [-0.2, -0.15) is 0 Å². The molecule has 4 aromatic rings. The Morgan fingerprint density at radius 3 is 2.61 bits per heavy atom. The number of anilines is 1. The molecule has 1 fully saturated rings. The van der Waals surface area contributed by atoms with E-state index in [2.05, 4.69) is 30.8 Å². The third-order valence-corrected chi connectivity index (χ3v) is 5.76. The summed E-state index contributed by atoms with van der Waals surface area (Å²) in [4.78, 5) is 11.0.